The van der Waals surface area contributed by atoms with Crippen LogP contribution in [-0.2, 0) is 0 Å². The van der Waals surface area contributed by atoms with Crippen molar-refractivity contribution >= 4 is 0 Å². The molecule has 0 bridgehead atoms. The second-order valence-electron chi connectivity index (χ2n) is 6.65. The highest BCUT2D eigenvalue weighted by atomic mass is 19.4. The Bertz CT molecular complexity index is 650. The molecule has 0 aliphatic carbocycles. The summed E-state index contributed by atoms with van der Waals surface area (Å²) in [6.45, 7) is 8.31. The van der Waals surface area contributed by atoms with E-state index >= 15 is 0 Å². The summed E-state index contributed by atoms with van der Waals surface area (Å²) in [4.78, 5) is 3.50. The van der Waals surface area contributed by atoms with Crippen LogP contribution in [0.15, 0.2) is 59.1 Å². The lowest BCUT2D eigenvalue weighted by atomic mass is 9.90. The molecule has 0 aromatic carbocycles. The van der Waals surface area contributed by atoms with Crippen LogP contribution in [0.4, 0.5) is 13.2 Å². The molecule has 2 aliphatic heterocycles. The molecule has 0 aromatic heterocycles. The zero-order valence-corrected chi connectivity index (χ0v) is 15.6. The third kappa shape index (κ3) is 4.02. The average Bonchev–Trinajstić information content (AvgIpc) is 2.55. The van der Waals surface area contributed by atoms with Crippen molar-refractivity contribution in [2.45, 2.75) is 46.3 Å². The van der Waals surface area contributed by atoms with Gasteiger partial charge < -0.3 is 9.80 Å². The Morgan fingerprint density at radius 2 is 2.04 bits per heavy atom. The molecule has 0 amide bonds. The molecule has 0 spiro atoms. The molecule has 0 aromatic rings. The van der Waals surface area contributed by atoms with Crippen LogP contribution in [0.25, 0.3) is 0 Å². The van der Waals surface area contributed by atoms with Gasteiger partial charge in [-0.3, -0.25) is 0 Å². The van der Waals surface area contributed by atoms with Gasteiger partial charge in [-0.25, -0.2) is 0 Å². The fourth-order valence-electron chi connectivity index (χ4n) is 3.35. The van der Waals surface area contributed by atoms with Gasteiger partial charge in [0, 0.05) is 37.1 Å². The number of likely N-dealkylation sites (N-methyl/N-ethyl adjacent to an activating group) is 1. The molecule has 2 unspecified atom stereocenters. The number of halogens is 3. The third-order valence-electron chi connectivity index (χ3n) is 4.85. The van der Waals surface area contributed by atoms with Gasteiger partial charge in [0.05, 0.1) is 0 Å². The number of allylic oxidation sites excluding steroid dienone is 7. The molecule has 0 N–H and O–H groups in total. The molecule has 0 fully saturated rings. The van der Waals surface area contributed by atoms with E-state index in [9.17, 15) is 13.2 Å². The maximum absolute atomic E-state index is 13.4. The Hall–Kier alpha value is -1.91. The van der Waals surface area contributed by atoms with Crippen LogP contribution in [0.1, 0.15) is 34.1 Å². The average molecular weight is 352 g/mol. The van der Waals surface area contributed by atoms with E-state index in [2.05, 4.69) is 24.8 Å². The minimum atomic E-state index is -4.37. The van der Waals surface area contributed by atoms with Crippen molar-refractivity contribution < 1.29 is 13.2 Å². The lowest BCUT2D eigenvalue weighted by Crippen LogP contribution is -2.35. The standard InChI is InChI=1S/C20H27F3N2/c1-6-14(3)19-17(9-8-12-24(19)5)16-11-10-15(4)25(13-16)18(7-2)20(21,22)23/h7-11,13-15H,6,12H2,1-5H3/b18-7-. The van der Waals surface area contributed by atoms with Gasteiger partial charge >= 0.3 is 6.18 Å². The van der Waals surface area contributed by atoms with Crippen LogP contribution in [0.2, 0.25) is 0 Å². The Labute approximate surface area is 148 Å². The highest BCUT2D eigenvalue weighted by Crippen LogP contribution is 2.36. The van der Waals surface area contributed by atoms with Gasteiger partial charge in [-0.2, -0.15) is 13.2 Å². The molecular weight excluding hydrogens is 325 g/mol. The van der Waals surface area contributed by atoms with Crippen molar-refractivity contribution in [3.63, 3.8) is 0 Å². The number of alkyl halides is 3. The van der Waals surface area contributed by atoms with E-state index in [0.29, 0.717) is 5.92 Å². The van der Waals surface area contributed by atoms with E-state index < -0.39 is 11.9 Å². The quantitative estimate of drug-likeness (QED) is 0.668. The molecule has 0 radical (unpaired) electrons. The summed E-state index contributed by atoms with van der Waals surface area (Å²) < 4.78 is 40.1. The van der Waals surface area contributed by atoms with Crippen LogP contribution < -0.4 is 0 Å². The second kappa shape index (κ2) is 7.54. The number of nitrogens with zero attached hydrogens (tertiary/aromatic N) is 2. The minimum Gasteiger partial charge on any atom is -0.373 e. The normalized spacial score (nSPS) is 23.3. The van der Waals surface area contributed by atoms with E-state index in [1.54, 1.807) is 13.1 Å². The van der Waals surface area contributed by atoms with Crippen LogP contribution in [0.3, 0.4) is 0 Å². The zero-order valence-electron chi connectivity index (χ0n) is 15.6. The first-order valence-corrected chi connectivity index (χ1v) is 8.74. The molecule has 2 heterocycles. The molecule has 2 nitrogen and oxygen atoms in total. The SMILES string of the molecule is C/C=C(\N1C=C(C2=C(C(C)CC)N(C)CC=C2)C=CC1C)C(F)(F)F. The maximum atomic E-state index is 13.4. The maximum Gasteiger partial charge on any atom is 0.431 e. The van der Waals surface area contributed by atoms with Crippen molar-refractivity contribution in [2.24, 2.45) is 5.92 Å². The number of rotatable bonds is 4. The van der Waals surface area contributed by atoms with Crippen molar-refractivity contribution in [3.05, 3.63) is 59.1 Å². The Morgan fingerprint density at radius 3 is 2.60 bits per heavy atom. The van der Waals surface area contributed by atoms with E-state index in [-0.39, 0.29) is 6.04 Å². The van der Waals surface area contributed by atoms with E-state index in [1.165, 1.54) is 17.5 Å². The van der Waals surface area contributed by atoms with Gasteiger partial charge in [-0.05, 0) is 31.8 Å². The summed E-state index contributed by atoms with van der Waals surface area (Å²) in [7, 11) is 2.03. The summed E-state index contributed by atoms with van der Waals surface area (Å²) in [5.74, 6) is 0.343. The van der Waals surface area contributed by atoms with Crippen LogP contribution in [-0.4, -0.2) is 35.6 Å². The van der Waals surface area contributed by atoms with Gasteiger partial charge in [0.1, 0.15) is 5.70 Å². The summed E-state index contributed by atoms with van der Waals surface area (Å²) in [5, 5.41) is 0. The minimum absolute atomic E-state index is 0.338. The Balaban J connectivity index is 2.52. The highest BCUT2D eigenvalue weighted by Gasteiger charge is 2.38. The lowest BCUT2D eigenvalue weighted by Gasteiger charge is -2.35. The van der Waals surface area contributed by atoms with Gasteiger partial charge in [0.15, 0.2) is 0 Å². The molecule has 0 saturated heterocycles. The van der Waals surface area contributed by atoms with E-state index in [4.69, 9.17) is 0 Å². The fourth-order valence-corrected chi connectivity index (χ4v) is 3.35. The molecule has 138 valence electrons. The fraction of sp³-hybridized carbons (Fsp3) is 0.500. The summed E-state index contributed by atoms with van der Waals surface area (Å²) in [5.41, 5.74) is 2.39. The lowest BCUT2D eigenvalue weighted by molar-refractivity contribution is -0.109. The van der Waals surface area contributed by atoms with Gasteiger partial charge in [-0.15, -0.1) is 0 Å². The first-order chi connectivity index (χ1) is 11.7. The van der Waals surface area contributed by atoms with Crippen LogP contribution >= 0.6 is 0 Å². The Kier molecular flexibility index (Phi) is 5.86. The second-order valence-corrected chi connectivity index (χ2v) is 6.65. The molecular formula is C20H27F3N2. The van der Waals surface area contributed by atoms with Crippen LogP contribution in [0.5, 0.6) is 0 Å². The number of hydrogen-bond acceptors (Lipinski definition) is 2. The van der Waals surface area contributed by atoms with Crippen molar-refractivity contribution in [3.8, 4) is 0 Å². The topological polar surface area (TPSA) is 6.48 Å². The summed E-state index contributed by atoms with van der Waals surface area (Å²) in [6, 6.07) is -0.338. The molecule has 2 atom stereocenters. The van der Waals surface area contributed by atoms with Crippen LogP contribution in [0, 0.1) is 5.92 Å². The largest absolute Gasteiger partial charge is 0.431 e. The first kappa shape index (κ1) is 19.4. The predicted octanol–water partition coefficient (Wildman–Crippen LogP) is 5.40. The van der Waals surface area contributed by atoms with Crippen molar-refractivity contribution in [1.82, 2.24) is 9.80 Å². The smallest absolute Gasteiger partial charge is 0.373 e. The Morgan fingerprint density at radius 1 is 1.36 bits per heavy atom. The van der Waals surface area contributed by atoms with E-state index in [1.807, 2.05) is 25.3 Å². The van der Waals surface area contributed by atoms with Crippen molar-refractivity contribution in [1.29, 1.82) is 0 Å². The molecule has 25 heavy (non-hydrogen) atoms. The molecule has 2 aliphatic rings. The highest BCUT2D eigenvalue weighted by molar-refractivity contribution is 5.52. The van der Waals surface area contributed by atoms with Gasteiger partial charge in [-0.1, -0.05) is 44.2 Å². The molecule has 5 heteroatoms. The molecule has 2 rings (SSSR count). The zero-order chi connectivity index (χ0) is 18.8. The summed E-state index contributed by atoms with van der Waals surface area (Å²) in [6.07, 6.45) is 7.23. The third-order valence-corrected chi connectivity index (χ3v) is 4.85. The predicted molar refractivity (Wildman–Crippen MR) is 96.6 cm³/mol. The molecule has 0 saturated carbocycles. The van der Waals surface area contributed by atoms with Gasteiger partial charge in [0.2, 0.25) is 0 Å². The first-order valence-electron chi connectivity index (χ1n) is 8.74. The number of hydrogen-bond donors (Lipinski definition) is 0. The monoisotopic (exact) mass is 352 g/mol. The van der Waals surface area contributed by atoms with Crippen molar-refractivity contribution in [2.75, 3.05) is 13.6 Å². The summed E-state index contributed by atoms with van der Waals surface area (Å²) >= 11 is 0. The van der Waals surface area contributed by atoms with Gasteiger partial charge in [0.25, 0.3) is 0 Å². The van der Waals surface area contributed by atoms with E-state index in [0.717, 1.165) is 30.2 Å².